The van der Waals surface area contributed by atoms with Gasteiger partial charge in [0.05, 0.1) is 34.3 Å². The van der Waals surface area contributed by atoms with E-state index in [1.165, 1.54) is 24.5 Å². The molecular weight excluding hydrogens is 524 g/mol. The third kappa shape index (κ3) is 5.91. The number of para-hydroxylation sites is 1. The topological polar surface area (TPSA) is 131 Å². The fraction of sp³-hybridized carbons (Fsp3) is 0.375. The Kier molecular flexibility index (Phi) is 8.01. The Morgan fingerprint density at radius 2 is 1.97 bits per heavy atom. The number of carboxylic acid groups (broad SMARTS) is 1. The van der Waals surface area contributed by atoms with Gasteiger partial charge in [0.15, 0.2) is 5.13 Å². The molecule has 1 saturated carbocycles. The number of thiazole rings is 1. The Bertz CT molecular complexity index is 1350. The van der Waals surface area contributed by atoms with Crippen LogP contribution in [0.15, 0.2) is 41.4 Å². The molecule has 12 heteroatoms. The number of nitrogens with one attached hydrogen (secondary N) is 2. The van der Waals surface area contributed by atoms with Gasteiger partial charge in [-0.3, -0.25) is 9.52 Å². The van der Waals surface area contributed by atoms with Crippen LogP contribution in [0, 0.1) is 18.8 Å². The van der Waals surface area contributed by atoms with E-state index in [0.29, 0.717) is 30.9 Å². The third-order valence-corrected chi connectivity index (χ3v) is 9.07. The average molecular weight is 551 g/mol. The molecular formula is C24H27ClN4O5S2. The summed E-state index contributed by atoms with van der Waals surface area (Å²) < 4.78 is 34.1. The molecule has 0 bridgehead atoms. The van der Waals surface area contributed by atoms with Gasteiger partial charge in [-0.25, -0.2) is 18.4 Å². The van der Waals surface area contributed by atoms with Gasteiger partial charge in [0.1, 0.15) is 4.90 Å². The van der Waals surface area contributed by atoms with Gasteiger partial charge in [0, 0.05) is 18.3 Å². The molecule has 0 unspecified atom stereocenters. The van der Waals surface area contributed by atoms with Gasteiger partial charge in [-0.1, -0.05) is 35.1 Å². The number of hydrogen-bond donors (Lipinski definition) is 3. The summed E-state index contributed by atoms with van der Waals surface area (Å²) in [5.74, 6) is -0.590. The molecule has 2 aromatic heterocycles. The molecule has 0 atom stereocenters. The Balaban J connectivity index is 1.52. The van der Waals surface area contributed by atoms with Crippen molar-refractivity contribution in [1.82, 2.24) is 9.97 Å². The summed E-state index contributed by atoms with van der Waals surface area (Å²) in [7, 11) is -2.68. The van der Waals surface area contributed by atoms with Gasteiger partial charge in [-0.15, -0.1) is 0 Å². The molecule has 0 aliphatic heterocycles. The maximum atomic E-state index is 13.2. The Morgan fingerprint density at radius 1 is 1.25 bits per heavy atom. The number of halogens is 1. The summed E-state index contributed by atoms with van der Waals surface area (Å²) in [6.07, 6.45) is 4.68. The molecule has 2 heterocycles. The maximum Gasteiger partial charge on any atom is 0.306 e. The molecule has 3 aromatic rings. The third-order valence-electron chi connectivity index (χ3n) is 6.22. The number of ether oxygens (including phenoxy) is 1. The highest BCUT2D eigenvalue weighted by molar-refractivity contribution is 7.92. The van der Waals surface area contributed by atoms with E-state index < -0.39 is 16.0 Å². The molecule has 9 nitrogen and oxygen atoms in total. The SMILES string of the molecule is COc1ncc(-c2sc(NCC3CCC(C(=O)O)CC3)nc2C)cc1S(=O)(=O)Nc1ccccc1Cl. The van der Waals surface area contributed by atoms with E-state index in [2.05, 4.69) is 20.0 Å². The zero-order chi connectivity index (χ0) is 25.9. The van der Waals surface area contributed by atoms with Crippen LogP contribution in [0.25, 0.3) is 10.4 Å². The summed E-state index contributed by atoms with van der Waals surface area (Å²) in [5.41, 5.74) is 1.59. The van der Waals surface area contributed by atoms with Crippen molar-refractivity contribution >= 4 is 49.7 Å². The number of nitrogens with zero attached hydrogens (tertiary/aromatic N) is 2. The van der Waals surface area contributed by atoms with Gasteiger partial charge in [-0.05, 0) is 56.7 Å². The minimum atomic E-state index is -4.05. The van der Waals surface area contributed by atoms with Crippen LogP contribution in [-0.2, 0) is 14.8 Å². The molecule has 192 valence electrons. The number of aromatic nitrogens is 2. The van der Waals surface area contributed by atoms with Crippen LogP contribution in [0.1, 0.15) is 31.4 Å². The minimum Gasteiger partial charge on any atom is -0.481 e. The van der Waals surface area contributed by atoms with Crippen molar-refractivity contribution in [3.8, 4) is 16.3 Å². The second-order valence-corrected chi connectivity index (χ2v) is 11.7. The summed E-state index contributed by atoms with van der Waals surface area (Å²) in [6, 6.07) is 8.08. The van der Waals surface area contributed by atoms with Crippen LogP contribution >= 0.6 is 22.9 Å². The van der Waals surface area contributed by atoms with Gasteiger partial charge in [0.25, 0.3) is 10.0 Å². The van der Waals surface area contributed by atoms with Crippen LogP contribution in [-0.4, -0.2) is 43.1 Å². The summed E-state index contributed by atoms with van der Waals surface area (Å²) >= 11 is 7.55. The highest BCUT2D eigenvalue weighted by Gasteiger charge is 2.27. The van der Waals surface area contributed by atoms with Gasteiger partial charge in [-0.2, -0.15) is 0 Å². The Hall–Kier alpha value is -2.89. The van der Waals surface area contributed by atoms with Crippen LogP contribution in [0.2, 0.25) is 5.02 Å². The predicted octanol–water partition coefficient (Wildman–Crippen LogP) is 5.28. The highest BCUT2D eigenvalue weighted by Crippen LogP contribution is 2.37. The first kappa shape index (κ1) is 26.2. The number of carbonyl (C=O) groups is 1. The number of rotatable bonds is 9. The molecule has 0 saturated heterocycles. The molecule has 4 rings (SSSR count). The van der Waals surface area contributed by atoms with Gasteiger partial charge >= 0.3 is 5.97 Å². The van der Waals surface area contributed by atoms with E-state index in [1.807, 2.05) is 6.92 Å². The van der Waals surface area contributed by atoms with Crippen molar-refractivity contribution in [3.05, 3.63) is 47.2 Å². The smallest absolute Gasteiger partial charge is 0.306 e. The van der Waals surface area contributed by atoms with E-state index in [4.69, 9.17) is 16.3 Å². The lowest BCUT2D eigenvalue weighted by molar-refractivity contribution is -0.143. The number of anilines is 2. The zero-order valence-electron chi connectivity index (χ0n) is 19.8. The molecule has 1 aliphatic rings. The standard InChI is InChI=1S/C24H27ClN4O5S2/c1-14-21(35-24(28-14)27-12-15-7-9-16(10-8-15)23(30)31)17-11-20(22(34-2)26-13-17)36(32,33)29-19-6-4-3-5-18(19)25/h3-6,11,13,15-16,29H,7-10,12H2,1-2H3,(H,27,28)(H,30,31). The van der Waals surface area contributed by atoms with E-state index in [9.17, 15) is 18.3 Å². The Morgan fingerprint density at radius 3 is 2.64 bits per heavy atom. The first-order valence-electron chi connectivity index (χ1n) is 11.4. The van der Waals surface area contributed by atoms with Crippen molar-refractivity contribution in [2.75, 3.05) is 23.7 Å². The monoisotopic (exact) mass is 550 g/mol. The number of methoxy groups -OCH3 is 1. The van der Waals surface area contributed by atoms with Gasteiger partial charge in [0.2, 0.25) is 5.88 Å². The lowest BCUT2D eigenvalue weighted by atomic mass is 9.82. The van der Waals surface area contributed by atoms with Gasteiger partial charge < -0.3 is 15.2 Å². The number of sulfonamides is 1. The molecule has 1 aromatic carbocycles. The van der Waals surface area contributed by atoms with Crippen molar-refractivity contribution in [3.63, 3.8) is 0 Å². The summed E-state index contributed by atoms with van der Waals surface area (Å²) in [6.45, 7) is 2.57. The number of hydrogen-bond acceptors (Lipinski definition) is 8. The molecule has 1 fully saturated rings. The van der Waals surface area contributed by atoms with Crippen LogP contribution in [0.5, 0.6) is 5.88 Å². The summed E-state index contributed by atoms with van der Waals surface area (Å²) in [5, 5.41) is 13.5. The second kappa shape index (κ2) is 11.0. The van der Waals surface area contributed by atoms with Crippen molar-refractivity contribution in [2.45, 2.75) is 37.5 Å². The number of carboxylic acids is 1. The zero-order valence-corrected chi connectivity index (χ0v) is 22.2. The maximum absolute atomic E-state index is 13.2. The molecule has 1 aliphatic carbocycles. The molecule has 36 heavy (non-hydrogen) atoms. The first-order valence-corrected chi connectivity index (χ1v) is 14.1. The quantitative estimate of drug-likeness (QED) is 0.328. The van der Waals surface area contributed by atoms with E-state index in [-0.39, 0.29) is 27.4 Å². The number of aryl methyl sites for hydroxylation is 1. The molecule has 3 N–H and O–H groups in total. The second-order valence-electron chi connectivity index (χ2n) is 8.69. The van der Waals surface area contributed by atoms with E-state index in [1.54, 1.807) is 30.5 Å². The minimum absolute atomic E-state index is 0.0317. The predicted molar refractivity (Wildman–Crippen MR) is 140 cm³/mol. The number of pyridine rings is 1. The molecule has 0 amide bonds. The van der Waals surface area contributed by atoms with Crippen LogP contribution < -0.4 is 14.8 Å². The van der Waals surface area contributed by atoms with Crippen LogP contribution in [0.3, 0.4) is 0 Å². The van der Waals surface area contributed by atoms with E-state index >= 15 is 0 Å². The number of benzene rings is 1. The summed E-state index contributed by atoms with van der Waals surface area (Å²) in [4.78, 5) is 20.7. The van der Waals surface area contributed by atoms with Crippen molar-refractivity contribution < 1.29 is 23.1 Å². The molecule has 0 radical (unpaired) electrons. The van der Waals surface area contributed by atoms with Crippen molar-refractivity contribution in [1.29, 1.82) is 0 Å². The Labute approximate surface area is 219 Å². The first-order chi connectivity index (χ1) is 17.2. The van der Waals surface area contributed by atoms with Crippen molar-refractivity contribution in [2.24, 2.45) is 11.8 Å². The van der Waals surface area contributed by atoms with Crippen LogP contribution in [0.4, 0.5) is 10.8 Å². The highest BCUT2D eigenvalue weighted by atomic mass is 35.5. The number of aliphatic carboxylic acids is 1. The fourth-order valence-electron chi connectivity index (χ4n) is 4.23. The fourth-order valence-corrected chi connectivity index (χ4v) is 6.65. The lowest BCUT2D eigenvalue weighted by Crippen LogP contribution is -2.25. The lowest BCUT2D eigenvalue weighted by Gasteiger charge is -2.26. The molecule has 0 spiro atoms. The normalized spacial score (nSPS) is 18.0. The van der Waals surface area contributed by atoms with E-state index in [0.717, 1.165) is 28.5 Å². The largest absolute Gasteiger partial charge is 0.481 e. The average Bonchev–Trinajstić information content (AvgIpc) is 3.24.